The van der Waals surface area contributed by atoms with Crippen molar-refractivity contribution in [3.63, 3.8) is 0 Å². The minimum absolute atomic E-state index is 0.259. The zero-order valence-electron chi connectivity index (χ0n) is 18.8. The molecule has 0 fully saturated rings. The first kappa shape index (κ1) is 25.3. The lowest BCUT2D eigenvalue weighted by atomic mass is 10.0. The summed E-state index contributed by atoms with van der Waals surface area (Å²) in [6.07, 6.45) is 6.66. The molecule has 0 bridgehead atoms. The van der Waals surface area contributed by atoms with Gasteiger partial charge >= 0.3 is 0 Å². The van der Waals surface area contributed by atoms with Crippen molar-refractivity contribution >= 4 is 44.5 Å². The second kappa shape index (κ2) is 10.4. The molecule has 0 aromatic heterocycles. The van der Waals surface area contributed by atoms with Crippen LogP contribution in [-0.4, -0.2) is 25.9 Å². The van der Waals surface area contributed by atoms with Crippen molar-refractivity contribution in [2.45, 2.75) is 9.79 Å². The smallest absolute Gasteiger partial charge is 0.125 e. The fourth-order valence-corrected chi connectivity index (χ4v) is 4.98. The predicted octanol–water partition coefficient (Wildman–Crippen LogP) is 5.50. The Morgan fingerprint density at radius 2 is 0.778 bits per heavy atom. The van der Waals surface area contributed by atoms with Crippen molar-refractivity contribution in [2.75, 3.05) is 0 Å². The van der Waals surface area contributed by atoms with Crippen LogP contribution in [-0.2, 0) is 20.2 Å². The van der Waals surface area contributed by atoms with E-state index in [4.69, 9.17) is 0 Å². The van der Waals surface area contributed by atoms with Crippen LogP contribution in [0.15, 0.2) is 107 Å². The Bertz CT molecular complexity index is 1520. The summed E-state index contributed by atoms with van der Waals surface area (Å²) in [7, 11) is -9.12. The average Bonchev–Trinajstić information content (AvgIpc) is 2.86. The lowest BCUT2D eigenvalue weighted by Gasteiger charge is -2.10. The highest BCUT2D eigenvalue weighted by molar-refractivity contribution is 7.86. The Morgan fingerprint density at radius 1 is 0.444 bits per heavy atom. The van der Waals surface area contributed by atoms with Gasteiger partial charge in [-0.2, -0.15) is 0 Å². The predicted molar refractivity (Wildman–Crippen MR) is 139 cm³/mol. The van der Waals surface area contributed by atoms with Crippen molar-refractivity contribution in [1.29, 1.82) is 0 Å². The molecule has 8 heteroatoms. The molecule has 0 radical (unpaired) electrons. The molecule has 182 valence electrons. The summed E-state index contributed by atoms with van der Waals surface area (Å²) in [5, 5.41) is 0. The van der Waals surface area contributed by atoms with Gasteiger partial charge in [-0.25, -0.2) is 16.8 Å². The highest BCUT2D eigenvalue weighted by Crippen LogP contribution is 2.24. The number of hydrogen-bond acceptors (Lipinski definition) is 6. The summed E-state index contributed by atoms with van der Waals surface area (Å²) in [6, 6.07) is 27.3. The van der Waals surface area contributed by atoms with Crippen molar-refractivity contribution in [3.8, 4) is 11.1 Å². The van der Waals surface area contributed by atoms with E-state index < -0.39 is 20.2 Å². The summed E-state index contributed by atoms with van der Waals surface area (Å²) in [5.74, 6) is 0. The van der Waals surface area contributed by atoms with Gasteiger partial charge in [0.25, 0.3) is 0 Å². The molecule has 0 spiro atoms. The Hall–Kier alpha value is -3.82. The molecule has 0 aliphatic rings. The van der Waals surface area contributed by atoms with Crippen LogP contribution in [0.3, 0.4) is 0 Å². The van der Waals surface area contributed by atoms with Gasteiger partial charge < -0.3 is 9.11 Å². The van der Waals surface area contributed by atoms with Crippen LogP contribution in [0.4, 0.5) is 0 Å². The quantitative estimate of drug-likeness (QED) is 0.237. The third-order valence-corrected chi connectivity index (χ3v) is 7.26. The summed E-state index contributed by atoms with van der Waals surface area (Å²) in [4.78, 5) is -0.518. The summed E-state index contributed by atoms with van der Waals surface area (Å²) in [6.45, 7) is 0. The molecular formula is C28H20O6S2-2. The van der Waals surface area contributed by atoms with Crippen LogP contribution in [0, 0.1) is 0 Å². The van der Waals surface area contributed by atoms with E-state index in [2.05, 4.69) is 0 Å². The Labute approximate surface area is 210 Å². The molecule has 0 amide bonds. The fourth-order valence-electron chi connectivity index (χ4n) is 3.64. The van der Waals surface area contributed by atoms with E-state index in [-0.39, 0.29) is 9.79 Å². The van der Waals surface area contributed by atoms with E-state index in [0.29, 0.717) is 11.1 Å². The molecule has 0 saturated carbocycles. The minimum atomic E-state index is -4.56. The molecule has 4 aromatic rings. The molecule has 0 aliphatic heterocycles. The van der Waals surface area contributed by atoms with Gasteiger partial charge in [-0.05, 0) is 45.5 Å². The topological polar surface area (TPSA) is 114 Å². The number of hydrogen-bond donors (Lipinski definition) is 0. The maximum atomic E-state index is 11.4. The van der Waals surface area contributed by atoms with E-state index in [0.717, 1.165) is 22.3 Å². The van der Waals surface area contributed by atoms with Crippen LogP contribution >= 0.6 is 0 Å². The van der Waals surface area contributed by atoms with Crippen LogP contribution in [0.1, 0.15) is 22.3 Å². The Kier molecular flexibility index (Phi) is 7.32. The van der Waals surface area contributed by atoms with Crippen LogP contribution < -0.4 is 0 Å². The van der Waals surface area contributed by atoms with Crippen LogP contribution in [0.5, 0.6) is 0 Å². The highest BCUT2D eigenvalue weighted by atomic mass is 32.2. The van der Waals surface area contributed by atoms with Gasteiger partial charge in [0, 0.05) is 0 Å². The number of benzene rings is 4. The lowest BCUT2D eigenvalue weighted by molar-refractivity contribution is 0.460. The average molecular weight is 517 g/mol. The molecule has 6 nitrogen and oxygen atoms in total. The molecule has 0 N–H and O–H groups in total. The van der Waals surface area contributed by atoms with E-state index in [9.17, 15) is 25.9 Å². The maximum absolute atomic E-state index is 11.4. The molecule has 0 atom stereocenters. The zero-order valence-corrected chi connectivity index (χ0v) is 20.4. The number of rotatable bonds is 7. The van der Waals surface area contributed by atoms with Gasteiger partial charge in [-0.1, -0.05) is 109 Å². The standard InChI is InChI=1S/C28H22O6S2/c29-35(30,31)27-7-3-1-5-25(27)19-13-21-9-15-23(16-10-21)24-17-11-22(12-18-24)14-20-26-6-2-4-8-28(26)36(32,33)34/h1-20H,(H,29,30,31)(H,32,33,34)/p-2/b19-13-,20-14-. The Morgan fingerprint density at radius 3 is 1.11 bits per heavy atom. The second-order valence-corrected chi connectivity index (χ2v) is 10.6. The SMILES string of the molecule is O=S(=O)([O-])c1ccccc1/C=C\c1ccc(-c2ccc(/C=C\c3ccccc3S(=O)(=O)[O-])cc2)cc1. The third-order valence-electron chi connectivity index (χ3n) is 5.44. The van der Waals surface area contributed by atoms with Crippen molar-refractivity contribution in [1.82, 2.24) is 0 Å². The monoisotopic (exact) mass is 516 g/mol. The summed E-state index contributed by atoms with van der Waals surface area (Å²) >= 11 is 0. The first-order valence-electron chi connectivity index (χ1n) is 10.8. The molecule has 0 unspecified atom stereocenters. The molecule has 0 aliphatic carbocycles. The molecule has 4 aromatic carbocycles. The van der Waals surface area contributed by atoms with Gasteiger partial charge in [0.1, 0.15) is 20.2 Å². The van der Waals surface area contributed by atoms with Gasteiger partial charge in [0.15, 0.2) is 0 Å². The first-order chi connectivity index (χ1) is 17.1. The maximum Gasteiger partial charge on any atom is 0.125 e. The van der Waals surface area contributed by atoms with Crippen molar-refractivity contribution in [3.05, 3.63) is 119 Å². The van der Waals surface area contributed by atoms with Crippen LogP contribution in [0.2, 0.25) is 0 Å². The second-order valence-electron chi connectivity index (χ2n) is 7.89. The summed E-state index contributed by atoms with van der Waals surface area (Å²) < 4.78 is 68.6. The third kappa shape index (κ3) is 6.24. The van der Waals surface area contributed by atoms with Gasteiger partial charge in [0.2, 0.25) is 0 Å². The normalized spacial score (nSPS) is 12.4. The van der Waals surface area contributed by atoms with Gasteiger partial charge in [-0.3, -0.25) is 0 Å². The first-order valence-corrected chi connectivity index (χ1v) is 13.6. The molecular weight excluding hydrogens is 496 g/mol. The Balaban J connectivity index is 1.49. The minimum Gasteiger partial charge on any atom is -0.744 e. The van der Waals surface area contributed by atoms with E-state index in [1.807, 2.05) is 48.5 Å². The summed E-state index contributed by atoms with van der Waals surface area (Å²) in [5.41, 5.74) is 4.26. The molecule has 4 rings (SSSR count). The van der Waals surface area contributed by atoms with Crippen molar-refractivity contribution < 1.29 is 25.9 Å². The van der Waals surface area contributed by atoms with Crippen LogP contribution in [0.25, 0.3) is 35.4 Å². The van der Waals surface area contributed by atoms with Crippen molar-refractivity contribution in [2.24, 2.45) is 0 Å². The fraction of sp³-hybridized carbons (Fsp3) is 0. The highest BCUT2D eigenvalue weighted by Gasteiger charge is 2.06. The van der Waals surface area contributed by atoms with E-state index in [1.54, 1.807) is 48.6 Å². The largest absolute Gasteiger partial charge is 0.744 e. The molecule has 0 saturated heterocycles. The van der Waals surface area contributed by atoms with E-state index >= 15 is 0 Å². The molecule has 36 heavy (non-hydrogen) atoms. The zero-order chi connectivity index (χ0) is 25.8. The van der Waals surface area contributed by atoms with Gasteiger partial charge in [0.05, 0.1) is 9.79 Å². The van der Waals surface area contributed by atoms with E-state index in [1.165, 1.54) is 24.3 Å². The molecule has 0 heterocycles. The van der Waals surface area contributed by atoms with Gasteiger partial charge in [-0.15, -0.1) is 0 Å². The lowest BCUT2D eigenvalue weighted by Crippen LogP contribution is -2.00.